The van der Waals surface area contributed by atoms with Crippen LogP contribution in [0, 0.1) is 10.1 Å². The van der Waals surface area contributed by atoms with Gasteiger partial charge >= 0.3 is 6.09 Å². The van der Waals surface area contributed by atoms with Crippen molar-refractivity contribution in [2.45, 2.75) is 18.9 Å². The molecule has 10 nitrogen and oxygen atoms in total. The Morgan fingerprint density at radius 3 is 2.36 bits per heavy atom. The SMILES string of the molecule is O=C(Oc1ccc([N+](=O)[O-])cc1)N1CCC(ON(O)O)CC1. The third-order valence-corrected chi connectivity index (χ3v) is 3.20. The first-order valence-corrected chi connectivity index (χ1v) is 6.51. The van der Waals surface area contributed by atoms with E-state index in [4.69, 9.17) is 15.2 Å². The van der Waals surface area contributed by atoms with Crippen molar-refractivity contribution in [1.82, 2.24) is 10.3 Å². The van der Waals surface area contributed by atoms with Crippen LogP contribution < -0.4 is 4.74 Å². The Labute approximate surface area is 125 Å². The molecule has 0 radical (unpaired) electrons. The van der Waals surface area contributed by atoms with Crippen LogP contribution in [0.3, 0.4) is 0 Å². The minimum Gasteiger partial charge on any atom is -0.410 e. The lowest BCUT2D eigenvalue weighted by Crippen LogP contribution is -2.43. The molecule has 0 aromatic heterocycles. The maximum absolute atomic E-state index is 11.9. The van der Waals surface area contributed by atoms with Crippen LogP contribution in [0.2, 0.25) is 0 Å². The molecule has 22 heavy (non-hydrogen) atoms. The average Bonchev–Trinajstić information content (AvgIpc) is 2.48. The quantitative estimate of drug-likeness (QED) is 0.633. The van der Waals surface area contributed by atoms with Gasteiger partial charge in [0, 0.05) is 25.2 Å². The van der Waals surface area contributed by atoms with Crippen molar-refractivity contribution in [3.05, 3.63) is 34.4 Å². The molecule has 10 heteroatoms. The highest BCUT2D eigenvalue weighted by Gasteiger charge is 2.26. The Kier molecular flexibility index (Phi) is 5.22. The van der Waals surface area contributed by atoms with E-state index < -0.39 is 17.1 Å². The smallest absolute Gasteiger partial charge is 0.410 e. The van der Waals surface area contributed by atoms with Crippen molar-refractivity contribution in [1.29, 1.82) is 0 Å². The van der Waals surface area contributed by atoms with Gasteiger partial charge < -0.3 is 9.64 Å². The van der Waals surface area contributed by atoms with Gasteiger partial charge in [-0.3, -0.25) is 20.5 Å². The average molecular weight is 313 g/mol. The van der Waals surface area contributed by atoms with E-state index in [0.29, 0.717) is 25.9 Å². The largest absolute Gasteiger partial charge is 0.415 e. The Balaban J connectivity index is 1.84. The molecule has 0 spiro atoms. The number of hydrogen-bond acceptors (Lipinski definition) is 8. The summed E-state index contributed by atoms with van der Waals surface area (Å²) in [6.45, 7) is 0.675. The number of rotatable bonds is 4. The fraction of sp³-hybridized carbons (Fsp3) is 0.417. The van der Waals surface area contributed by atoms with Gasteiger partial charge in [-0.1, -0.05) is 0 Å². The zero-order valence-electron chi connectivity index (χ0n) is 11.5. The van der Waals surface area contributed by atoms with Crippen molar-refractivity contribution < 1.29 is 29.7 Å². The molecule has 2 N–H and O–H groups in total. The number of amides is 1. The molecule has 1 aliphatic rings. The summed E-state index contributed by atoms with van der Waals surface area (Å²) < 4.78 is 5.12. The first kappa shape index (κ1) is 16.1. The van der Waals surface area contributed by atoms with Gasteiger partial charge in [-0.2, -0.15) is 0 Å². The van der Waals surface area contributed by atoms with Crippen LogP contribution in [0.25, 0.3) is 0 Å². The summed E-state index contributed by atoms with van der Waals surface area (Å²) in [6.07, 6.45) is -0.115. The fourth-order valence-electron chi connectivity index (χ4n) is 2.08. The highest BCUT2D eigenvalue weighted by Crippen LogP contribution is 2.20. The van der Waals surface area contributed by atoms with E-state index in [9.17, 15) is 14.9 Å². The second kappa shape index (κ2) is 7.13. The number of nitrogens with zero attached hydrogens (tertiary/aromatic N) is 3. The van der Waals surface area contributed by atoms with E-state index in [1.807, 2.05) is 0 Å². The van der Waals surface area contributed by atoms with E-state index in [2.05, 4.69) is 4.84 Å². The molecule has 120 valence electrons. The van der Waals surface area contributed by atoms with Gasteiger partial charge in [0.05, 0.1) is 16.4 Å². The van der Waals surface area contributed by atoms with Crippen molar-refractivity contribution in [3.63, 3.8) is 0 Å². The van der Waals surface area contributed by atoms with Crippen molar-refractivity contribution in [2.75, 3.05) is 13.1 Å². The van der Waals surface area contributed by atoms with Crippen LogP contribution >= 0.6 is 0 Å². The molecule has 2 rings (SSSR count). The van der Waals surface area contributed by atoms with Crippen molar-refractivity contribution in [3.8, 4) is 5.75 Å². The molecule has 1 aromatic carbocycles. The summed E-state index contributed by atoms with van der Waals surface area (Å²) in [5.41, 5.74) is -0.0877. The van der Waals surface area contributed by atoms with Crippen molar-refractivity contribution >= 4 is 11.8 Å². The van der Waals surface area contributed by atoms with Crippen LogP contribution in [-0.2, 0) is 4.84 Å². The second-order valence-corrected chi connectivity index (χ2v) is 4.66. The minimum atomic E-state index is -0.572. The Hall–Kier alpha value is -2.27. The van der Waals surface area contributed by atoms with E-state index in [-0.39, 0.29) is 16.8 Å². The maximum atomic E-state index is 11.9. The molecule has 1 saturated heterocycles. The first-order valence-electron chi connectivity index (χ1n) is 6.51. The van der Waals surface area contributed by atoms with Crippen LogP contribution in [-0.4, -0.2) is 50.9 Å². The number of carbonyl (C=O) groups is 1. The monoisotopic (exact) mass is 313 g/mol. The highest BCUT2D eigenvalue weighted by molar-refractivity contribution is 5.70. The third-order valence-electron chi connectivity index (χ3n) is 3.20. The lowest BCUT2D eigenvalue weighted by molar-refractivity contribution is -0.506. The lowest BCUT2D eigenvalue weighted by Gasteiger charge is -2.30. The number of carbonyl (C=O) groups excluding carboxylic acids is 1. The molecule has 1 aliphatic heterocycles. The lowest BCUT2D eigenvalue weighted by atomic mass is 10.1. The van der Waals surface area contributed by atoms with Gasteiger partial charge in [0.25, 0.3) is 5.69 Å². The Morgan fingerprint density at radius 2 is 1.86 bits per heavy atom. The molecule has 0 bridgehead atoms. The number of ether oxygens (including phenoxy) is 1. The molecular formula is C12H15N3O7. The summed E-state index contributed by atoms with van der Waals surface area (Å²) >= 11 is 0. The number of non-ortho nitro benzene ring substituents is 1. The Morgan fingerprint density at radius 1 is 1.27 bits per heavy atom. The van der Waals surface area contributed by atoms with Gasteiger partial charge in [0.2, 0.25) is 0 Å². The third kappa shape index (κ3) is 4.36. The number of benzene rings is 1. The summed E-state index contributed by atoms with van der Waals surface area (Å²) in [5, 5.41) is 27.3. The first-order chi connectivity index (χ1) is 10.5. The zero-order chi connectivity index (χ0) is 16.1. The topological polar surface area (TPSA) is 126 Å². The molecule has 0 atom stereocenters. The van der Waals surface area contributed by atoms with Crippen LogP contribution in [0.15, 0.2) is 24.3 Å². The van der Waals surface area contributed by atoms with Gasteiger partial charge in [-0.15, -0.1) is 0 Å². The van der Waals surface area contributed by atoms with E-state index in [1.54, 1.807) is 0 Å². The number of hydrogen-bond donors (Lipinski definition) is 2. The molecule has 0 saturated carbocycles. The second-order valence-electron chi connectivity index (χ2n) is 4.66. The summed E-state index contributed by atoms with van der Waals surface area (Å²) in [5.74, 6) is 0.214. The normalized spacial score (nSPS) is 15.9. The number of nitro benzene ring substituents is 1. The van der Waals surface area contributed by atoms with Crippen LogP contribution in [0.5, 0.6) is 5.75 Å². The Bertz CT molecular complexity index is 526. The number of nitro groups is 1. The minimum absolute atomic E-state index is 0.0877. The van der Waals surface area contributed by atoms with E-state index in [0.717, 1.165) is 0 Å². The van der Waals surface area contributed by atoms with E-state index >= 15 is 0 Å². The molecule has 1 amide bonds. The van der Waals surface area contributed by atoms with Gasteiger partial charge in [0.15, 0.2) is 0 Å². The highest BCUT2D eigenvalue weighted by atomic mass is 17.1. The van der Waals surface area contributed by atoms with Gasteiger partial charge in [-0.25, -0.2) is 9.63 Å². The predicted molar refractivity (Wildman–Crippen MR) is 70.2 cm³/mol. The van der Waals surface area contributed by atoms with Crippen molar-refractivity contribution in [2.24, 2.45) is 0 Å². The maximum Gasteiger partial charge on any atom is 0.415 e. The predicted octanol–water partition coefficient (Wildman–Crippen LogP) is 1.57. The van der Waals surface area contributed by atoms with Crippen LogP contribution in [0.1, 0.15) is 12.8 Å². The zero-order valence-corrected chi connectivity index (χ0v) is 11.5. The summed E-state index contributed by atoms with van der Waals surface area (Å²) in [4.78, 5) is 28.0. The molecule has 1 aromatic rings. The van der Waals surface area contributed by atoms with Gasteiger partial charge in [0.1, 0.15) is 5.75 Å². The molecule has 1 fully saturated rings. The number of likely N-dealkylation sites (tertiary alicyclic amines) is 1. The number of piperidine rings is 1. The van der Waals surface area contributed by atoms with Crippen LogP contribution in [0.4, 0.5) is 10.5 Å². The summed E-state index contributed by atoms with van der Waals surface area (Å²) in [6, 6.07) is 5.20. The van der Waals surface area contributed by atoms with E-state index in [1.165, 1.54) is 29.2 Å². The fourth-order valence-corrected chi connectivity index (χ4v) is 2.08. The summed E-state index contributed by atoms with van der Waals surface area (Å²) in [7, 11) is 0. The standard InChI is InChI=1S/C12H15N3O7/c16-12(13-7-5-11(6-8-13)22-15(19)20)21-10-3-1-9(2-4-10)14(17)18/h1-4,11,19-20H,5-8H2. The molecule has 0 aliphatic carbocycles. The van der Waals surface area contributed by atoms with Gasteiger partial charge in [-0.05, 0) is 25.0 Å². The molecule has 0 unspecified atom stereocenters. The molecular weight excluding hydrogens is 298 g/mol. The molecule has 1 heterocycles.